The highest BCUT2D eigenvalue weighted by molar-refractivity contribution is 7.14. The van der Waals surface area contributed by atoms with Crippen LogP contribution >= 0.6 is 11.3 Å². The summed E-state index contributed by atoms with van der Waals surface area (Å²) in [6, 6.07) is 13.2. The van der Waals surface area contributed by atoms with Gasteiger partial charge in [0.25, 0.3) is 5.91 Å². The van der Waals surface area contributed by atoms with Gasteiger partial charge in [0.1, 0.15) is 5.69 Å². The van der Waals surface area contributed by atoms with Crippen molar-refractivity contribution < 1.29 is 4.79 Å². The van der Waals surface area contributed by atoms with Gasteiger partial charge < -0.3 is 10.6 Å². The molecule has 2 aromatic heterocycles. The van der Waals surface area contributed by atoms with Crippen LogP contribution in [0.2, 0.25) is 0 Å². The Morgan fingerprint density at radius 3 is 2.62 bits per heavy atom. The molecule has 21 heavy (non-hydrogen) atoms. The second-order valence-electron chi connectivity index (χ2n) is 4.22. The molecule has 6 heteroatoms. The lowest BCUT2D eigenvalue weighted by atomic mass is 10.3. The average Bonchev–Trinajstić information content (AvgIpc) is 2.98. The van der Waals surface area contributed by atoms with E-state index < -0.39 is 0 Å². The summed E-state index contributed by atoms with van der Waals surface area (Å²) in [6.45, 7) is 0. The zero-order valence-corrected chi connectivity index (χ0v) is 11.8. The first-order chi connectivity index (χ1) is 10.3. The number of benzene rings is 1. The zero-order valence-electron chi connectivity index (χ0n) is 11.0. The van der Waals surface area contributed by atoms with Crippen LogP contribution in [0.25, 0.3) is 0 Å². The van der Waals surface area contributed by atoms with Gasteiger partial charge in [-0.25, -0.2) is 4.98 Å². The van der Waals surface area contributed by atoms with Crippen LogP contribution in [0.4, 0.5) is 16.5 Å². The minimum absolute atomic E-state index is 0.250. The molecule has 0 unspecified atom stereocenters. The van der Waals surface area contributed by atoms with Crippen LogP contribution < -0.4 is 10.6 Å². The molecule has 0 saturated carbocycles. The summed E-state index contributed by atoms with van der Waals surface area (Å²) in [4.78, 5) is 20.3. The Labute approximate surface area is 125 Å². The number of rotatable bonds is 4. The minimum atomic E-state index is -0.250. The van der Waals surface area contributed by atoms with Crippen molar-refractivity contribution in [1.82, 2.24) is 9.97 Å². The van der Waals surface area contributed by atoms with Gasteiger partial charge in [0.15, 0.2) is 5.13 Å². The van der Waals surface area contributed by atoms with Crippen LogP contribution in [0.1, 0.15) is 10.5 Å². The van der Waals surface area contributed by atoms with E-state index in [0.717, 1.165) is 5.69 Å². The molecule has 3 aromatic rings. The Balaban J connectivity index is 1.68. The monoisotopic (exact) mass is 296 g/mol. The fourth-order valence-corrected chi connectivity index (χ4v) is 2.42. The van der Waals surface area contributed by atoms with Gasteiger partial charge in [0.05, 0.1) is 11.9 Å². The molecule has 5 nitrogen and oxygen atoms in total. The molecular formula is C15H12N4OS. The highest BCUT2D eigenvalue weighted by Gasteiger charge is 2.11. The molecule has 3 rings (SSSR count). The lowest BCUT2D eigenvalue weighted by molar-refractivity contribution is 0.102. The summed E-state index contributed by atoms with van der Waals surface area (Å²) in [5, 5.41) is 8.31. The van der Waals surface area contributed by atoms with Crippen molar-refractivity contribution in [3.05, 3.63) is 65.9 Å². The number of thiazole rings is 1. The summed E-state index contributed by atoms with van der Waals surface area (Å²) in [7, 11) is 0. The molecule has 0 bridgehead atoms. The van der Waals surface area contributed by atoms with Gasteiger partial charge in [-0.2, -0.15) is 0 Å². The lowest BCUT2D eigenvalue weighted by Gasteiger charge is -2.02. The summed E-state index contributed by atoms with van der Waals surface area (Å²) in [6.07, 6.45) is 3.24. The molecular weight excluding hydrogens is 284 g/mol. The normalized spacial score (nSPS) is 10.1. The van der Waals surface area contributed by atoms with Crippen LogP contribution in [-0.4, -0.2) is 15.9 Å². The minimum Gasteiger partial charge on any atom is -0.332 e. The van der Waals surface area contributed by atoms with Crippen molar-refractivity contribution in [1.29, 1.82) is 0 Å². The number of anilines is 3. The zero-order chi connectivity index (χ0) is 14.5. The molecule has 2 heterocycles. The second-order valence-corrected chi connectivity index (χ2v) is 5.08. The number of carbonyl (C=O) groups is 1. The maximum atomic E-state index is 12.1. The maximum absolute atomic E-state index is 12.1. The van der Waals surface area contributed by atoms with Crippen molar-refractivity contribution >= 4 is 33.8 Å². The van der Waals surface area contributed by atoms with Crippen LogP contribution in [0, 0.1) is 0 Å². The first-order valence-corrected chi connectivity index (χ1v) is 7.18. The number of hydrogen-bond donors (Lipinski definition) is 2. The molecule has 0 atom stereocenters. The summed E-state index contributed by atoms with van der Waals surface area (Å²) in [5.74, 6) is -0.250. The standard InChI is InChI=1S/C15H12N4OS/c20-14(17-12-7-4-8-16-9-12)13-10-21-15(19-13)18-11-5-2-1-3-6-11/h1-10H,(H,17,20)(H,18,19). The number of nitrogens with one attached hydrogen (secondary N) is 2. The van der Waals surface area contributed by atoms with Crippen LogP contribution in [0.3, 0.4) is 0 Å². The Morgan fingerprint density at radius 1 is 1.05 bits per heavy atom. The van der Waals surface area contributed by atoms with E-state index in [1.807, 2.05) is 30.3 Å². The largest absolute Gasteiger partial charge is 0.332 e. The SMILES string of the molecule is O=C(Nc1cccnc1)c1csc(Nc2ccccc2)n1. The van der Waals surface area contributed by atoms with Crippen molar-refractivity contribution in [2.45, 2.75) is 0 Å². The van der Waals surface area contributed by atoms with Gasteiger partial charge in [0, 0.05) is 17.3 Å². The summed E-state index contributed by atoms with van der Waals surface area (Å²) < 4.78 is 0. The molecule has 0 fully saturated rings. The van der Waals surface area contributed by atoms with Gasteiger partial charge in [-0.05, 0) is 24.3 Å². The Kier molecular flexibility index (Phi) is 3.88. The predicted molar refractivity (Wildman–Crippen MR) is 84.0 cm³/mol. The van der Waals surface area contributed by atoms with E-state index >= 15 is 0 Å². The molecule has 104 valence electrons. The van der Waals surface area contributed by atoms with E-state index in [-0.39, 0.29) is 5.91 Å². The molecule has 2 N–H and O–H groups in total. The average molecular weight is 296 g/mol. The van der Waals surface area contributed by atoms with Gasteiger partial charge >= 0.3 is 0 Å². The van der Waals surface area contributed by atoms with Gasteiger partial charge in [-0.3, -0.25) is 9.78 Å². The Morgan fingerprint density at radius 2 is 1.86 bits per heavy atom. The fraction of sp³-hybridized carbons (Fsp3) is 0. The van der Waals surface area contributed by atoms with E-state index in [2.05, 4.69) is 20.6 Å². The highest BCUT2D eigenvalue weighted by atomic mass is 32.1. The van der Waals surface area contributed by atoms with E-state index in [1.165, 1.54) is 11.3 Å². The van der Waals surface area contributed by atoms with Crippen LogP contribution in [-0.2, 0) is 0 Å². The molecule has 0 spiro atoms. The molecule has 1 amide bonds. The molecule has 1 aromatic carbocycles. The smallest absolute Gasteiger partial charge is 0.275 e. The summed E-state index contributed by atoms with van der Waals surface area (Å²) >= 11 is 1.38. The third kappa shape index (κ3) is 3.43. The molecule has 0 aliphatic heterocycles. The van der Waals surface area contributed by atoms with Gasteiger partial charge in [-0.15, -0.1) is 11.3 Å². The number of para-hydroxylation sites is 1. The number of amides is 1. The van der Waals surface area contributed by atoms with Crippen molar-refractivity contribution in [2.75, 3.05) is 10.6 Å². The highest BCUT2D eigenvalue weighted by Crippen LogP contribution is 2.21. The van der Waals surface area contributed by atoms with E-state index in [1.54, 1.807) is 29.9 Å². The third-order valence-corrected chi connectivity index (χ3v) is 3.44. The lowest BCUT2D eigenvalue weighted by Crippen LogP contribution is -2.12. The van der Waals surface area contributed by atoms with Crippen molar-refractivity contribution in [2.24, 2.45) is 0 Å². The topological polar surface area (TPSA) is 66.9 Å². The predicted octanol–water partition coefficient (Wildman–Crippen LogP) is 3.53. The fourth-order valence-electron chi connectivity index (χ4n) is 1.71. The molecule has 0 saturated heterocycles. The van der Waals surface area contributed by atoms with Crippen LogP contribution in [0.5, 0.6) is 0 Å². The quantitative estimate of drug-likeness (QED) is 0.773. The van der Waals surface area contributed by atoms with E-state index in [0.29, 0.717) is 16.5 Å². The number of aromatic nitrogens is 2. The summed E-state index contributed by atoms with van der Waals surface area (Å²) in [5.41, 5.74) is 1.96. The van der Waals surface area contributed by atoms with E-state index in [4.69, 9.17) is 0 Å². The first kappa shape index (κ1) is 13.3. The number of nitrogens with zero attached hydrogens (tertiary/aromatic N) is 2. The Hall–Kier alpha value is -2.73. The van der Waals surface area contributed by atoms with Crippen molar-refractivity contribution in [3.63, 3.8) is 0 Å². The van der Waals surface area contributed by atoms with Crippen molar-refractivity contribution in [3.8, 4) is 0 Å². The number of pyridine rings is 1. The molecule has 0 aliphatic carbocycles. The van der Waals surface area contributed by atoms with Crippen LogP contribution in [0.15, 0.2) is 60.2 Å². The number of hydrogen-bond acceptors (Lipinski definition) is 5. The second kappa shape index (κ2) is 6.15. The van der Waals surface area contributed by atoms with Gasteiger partial charge in [-0.1, -0.05) is 18.2 Å². The van der Waals surface area contributed by atoms with Gasteiger partial charge in [0.2, 0.25) is 0 Å². The first-order valence-electron chi connectivity index (χ1n) is 6.30. The molecule has 0 radical (unpaired) electrons. The molecule has 0 aliphatic rings. The van der Waals surface area contributed by atoms with E-state index in [9.17, 15) is 4.79 Å². The Bertz CT molecular complexity index is 728. The number of carbonyl (C=O) groups excluding carboxylic acids is 1. The third-order valence-electron chi connectivity index (χ3n) is 2.68. The maximum Gasteiger partial charge on any atom is 0.275 e.